The van der Waals surface area contributed by atoms with E-state index in [2.05, 4.69) is 0 Å². The van der Waals surface area contributed by atoms with Gasteiger partial charge in [-0.15, -0.1) is 0 Å². The van der Waals surface area contributed by atoms with Gasteiger partial charge in [0.05, 0.1) is 18.1 Å². The van der Waals surface area contributed by atoms with Crippen LogP contribution in [0.1, 0.15) is 12.5 Å². The van der Waals surface area contributed by atoms with Gasteiger partial charge in [-0.05, 0) is 30.7 Å². The molecule has 21 heavy (non-hydrogen) atoms. The van der Waals surface area contributed by atoms with Crippen LogP contribution in [0, 0.1) is 0 Å². The molecule has 0 aliphatic carbocycles. The number of ether oxygens (including phenoxy) is 1. The van der Waals surface area contributed by atoms with Crippen LogP contribution in [0.2, 0.25) is 0 Å². The second kappa shape index (κ2) is 5.44. The second-order valence-electron chi connectivity index (χ2n) is 4.79. The number of benzene rings is 2. The van der Waals surface area contributed by atoms with E-state index in [0.29, 0.717) is 34.5 Å². The van der Waals surface area contributed by atoms with Crippen molar-refractivity contribution in [1.82, 2.24) is 0 Å². The van der Waals surface area contributed by atoms with Crippen LogP contribution in [0.5, 0.6) is 5.75 Å². The minimum Gasteiger partial charge on any atom is -0.496 e. The summed E-state index contributed by atoms with van der Waals surface area (Å²) in [5.41, 5.74) is 2.11. The third-order valence-corrected chi connectivity index (χ3v) is 3.60. The fraction of sp³-hybridized carbons (Fsp3) is 0.167. The standard InChI is InChI=1S/C18H16O3/c1-3-12-17(19)13-8-4-7-11-16(13)21-18(12)14-9-5-6-10-15(14)20-2/h4-11H,3H2,1-2H3. The summed E-state index contributed by atoms with van der Waals surface area (Å²) < 4.78 is 11.4. The van der Waals surface area contributed by atoms with Gasteiger partial charge in [0.2, 0.25) is 0 Å². The van der Waals surface area contributed by atoms with Gasteiger partial charge in [-0.1, -0.05) is 31.2 Å². The average molecular weight is 280 g/mol. The van der Waals surface area contributed by atoms with Crippen molar-refractivity contribution in [3.63, 3.8) is 0 Å². The van der Waals surface area contributed by atoms with Gasteiger partial charge in [0.25, 0.3) is 0 Å². The molecule has 0 spiro atoms. The van der Waals surface area contributed by atoms with Gasteiger partial charge in [-0.3, -0.25) is 4.79 Å². The molecule has 0 aliphatic heterocycles. The Kier molecular flexibility index (Phi) is 3.48. The zero-order chi connectivity index (χ0) is 14.8. The van der Waals surface area contributed by atoms with Gasteiger partial charge in [0.1, 0.15) is 17.1 Å². The molecule has 0 saturated heterocycles. The van der Waals surface area contributed by atoms with E-state index < -0.39 is 0 Å². The molecule has 0 N–H and O–H groups in total. The number of hydrogen-bond acceptors (Lipinski definition) is 3. The molecule has 106 valence electrons. The van der Waals surface area contributed by atoms with E-state index in [4.69, 9.17) is 9.15 Å². The molecular formula is C18H16O3. The van der Waals surface area contributed by atoms with E-state index in [9.17, 15) is 4.79 Å². The molecule has 3 rings (SSSR count). The first-order valence-corrected chi connectivity index (χ1v) is 6.94. The Hall–Kier alpha value is -2.55. The minimum atomic E-state index is 0.0280. The monoisotopic (exact) mass is 280 g/mol. The summed E-state index contributed by atoms with van der Waals surface area (Å²) in [4.78, 5) is 12.7. The van der Waals surface area contributed by atoms with E-state index in [0.717, 1.165) is 5.56 Å². The summed E-state index contributed by atoms with van der Waals surface area (Å²) in [6.07, 6.45) is 0.612. The Morgan fingerprint density at radius 2 is 1.76 bits per heavy atom. The number of hydrogen-bond donors (Lipinski definition) is 0. The van der Waals surface area contributed by atoms with Crippen molar-refractivity contribution >= 4 is 11.0 Å². The topological polar surface area (TPSA) is 39.4 Å². The average Bonchev–Trinajstić information content (AvgIpc) is 2.54. The molecule has 0 amide bonds. The van der Waals surface area contributed by atoms with E-state index in [1.165, 1.54) is 0 Å². The van der Waals surface area contributed by atoms with Crippen molar-refractivity contribution in [1.29, 1.82) is 0 Å². The van der Waals surface area contributed by atoms with Crippen molar-refractivity contribution in [3.05, 3.63) is 64.3 Å². The molecule has 0 radical (unpaired) electrons. The molecule has 0 aliphatic rings. The largest absolute Gasteiger partial charge is 0.496 e. The highest BCUT2D eigenvalue weighted by molar-refractivity contribution is 5.81. The SMILES string of the molecule is CCc1c(-c2ccccc2OC)oc2ccccc2c1=O. The Bertz CT molecular complexity index is 846. The lowest BCUT2D eigenvalue weighted by molar-refractivity contribution is 0.414. The maximum atomic E-state index is 12.7. The summed E-state index contributed by atoms with van der Waals surface area (Å²) in [5, 5.41) is 0.619. The quantitative estimate of drug-likeness (QED) is 0.727. The molecule has 0 bridgehead atoms. The van der Waals surface area contributed by atoms with Crippen molar-refractivity contribution in [2.24, 2.45) is 0 Å². The molecule has 0 unspecified atom stereocenters. The Balaban J connectivity index is 2.39. The van der Waals surface area contributed by atoms with E-state index in [1.54, 1.807) is 13.2 Å². The smallest absolute Gasteiger partial charge is 0.196 e. The molecular weight excluding hydrogens is 264 g/mol. The number of rotatable bonds is 3. The molecule has 2 aromatic carbocycles. The summed E-state index contributed by atoms with van der Waals surface area (Å²) in [6, 6.07) is 14.9. The molecule has 3 heteroatoms. The van der Waals surface area contributed by atoms with Gasteiger partial charge in [0, 0.05) is 5.56 Å². The summed E-state index contributed by atoms with van der Waals surface area (Å²) >= 11 is 0. The zero-order valence-corrected chi connectivity index (χ0v) is 12.1. The van der Waals surface area contributed by atoms with E-state index >= 15 is 0 Å². The fourth-order valence-electron chi connectivity index (χ4n) is 2.55. The van der Waals surface area contributed by atoms with Gasteiger partial charge >= 0.3 is 0 Å². The molecule has 1 aromatic heterocycles. The molecule has 0 fully saturated rings. The van der Waals surface area contributed by atoms with Crippen molar-refractivity contribution in [3.8, 4) is 17.1 Å². The van der Waals surface area contributed by atoms with Gasteiger partial charge < -0.3 is 9.15 Å². The van der Waals surface area contributed by atoms with Crippen molar-refractivity contribution < 1.29 is 9.15 Å². The first kappa shape index (κ1) is 13.4. The van der Waals surface area contributed by atoms with Crippen molar-refractivity contribution in [2.75, 3.05) is 7.11 Å². The molecule has 3 nitrogen and oxygen atoms in total. The third kappa shape index (κ3) is 2.21. The van der Waals surface area contributed by atoms with E-state index in [-0.39, 0.29) is 5.43 Å². The van der Waals surface area contributed by atoms with Crippen LogP contribution in [0.4, 0.5) is 0 Å². The predicted molar refractivity (Wildman–Crippen MR) is 83.9 cm³/mol. The van der Waals surface area contributed by atoms with Crippen LogP contribution in [-0.4, -0.2) is 7.11 Å². The Morgan fingerprint density at radius 1 is 1.05 bits per heavy atom. The molecule has 3 aromatic rings. The van der Waals surface area contributed by atoms with Crippen LogP contribution in [0.15, 0.2) is 57.7 Å². The lowest BCUT2D eigenvalue weighted by Crippen LogP contribution is -2.10. The highest BCUT2D eigenvalue weighted by Gasteiger charge is 2.17. The number of methoxy groups -OCH3 is 1. The fourth-order valence-corrected chi connectivity index (χ4v) is 2.55. The highest BCUT2D eigenvalue weighted by Crippen LogP contribution is 2.33. The van der Waals surface area contributed by atoms with Crippen molar-refractivity contribution in [2.45, 2.75) is 13.3 Å². The Labute approximate surface area is 122 Å². The maximum absolute atomic E-state index is 12.7. The summed E-state index contributed by atoms with van der Waals surface area (Å²) in [5.74, 6) is 1.30. The lowest BCUT2D eigenvalue weighted by atomic mass is 10.0. The summed E-state index contributed by atoms with van der Waals surface area (Å²) in [7, 11) is 1.61. The zero-order valence-electron chi connectivity index (χ0n) is 12.1. The first-order valence-electron chi connectivity index (χ1n) is 6.94. The van der Waals surface area contributed by atoms with Crippen LogP contribution >= 0.6 is 0 Å². The van der Waals surface area contributed by atoms with Crippen LogP contribution in [0.3, 0.4) is 0 Å². The normalized spacial score (nSPS) is 10.8. The number of para-hydroxylation sites is 2. The molecule has 0 atom stereocenters. The van der Waals surface area contributed by atoms with Crippen LogP contribution in [-0.2, 0) is 6.42 Å². The Morgan fingerprint density at radius 3 is 2.52 bits per heavy atom. The van der Waals surface area contributed by atoms with Gasteiger partial charge in [0.15, 0.2) is 5.43 Å². The third-order valence-electron chi connectivity index (χ3n) is 3.60. The lowest BCUT2D eigenvalue weighted by Gasteiger charge is -2.11. The minimum absolute atomic E-state index is 0.0280. The second-order valence-corrected chi connectivity index (χ2v) is 4.79. The highest BCUT2D eigenvalue weighted by atomic mass is 16.5. The first-order chi connectivity index (χ1) is 10.3. The van der Waals surface area contributed by atoms with Gasteiger partial charge in [-0.2, -0.15) is 0 Å². The predicted octanol–water partition coefficient (Wildman–Crippen LogP) is 4.03. The molecule has 1 heterocycles. The van der Waals surface area contributed by atoms with Crippen LogP contribution in [0.25, 0.3) is 22.3 Å². The maximum Gasteiger partial charge on any atom is 0.196 e. The summed E-state index contributed by atoms with van der Waals surface area (Å²) in [6.45, 7) is 1.96. The van der Waals surface area contributed by atoms with Gasteiger partial charge in [-0.25, -0.2) is 0 Å². The van der Waals surface area contributed by atoms with E-state index in [1.807, 2.05) is 49.4 Å². The number of fused-ring (bicyclic) bond motifs is 1. The van der Waals surface area contributed by atoms with Crippen LogP contribution < -0.4 is 10.2 Å². The molecule has 0 saturated carbocycles.